The molecule has 0 aliphatic heterocycles. The van der Waals surface area contributed by atoms with Crippen LogP contribution in [0.2, 0.25) is 0 Å². The summed E-state index contributed by atoms with van der Waals surface area (Å²) in [5.74, 6) is 0.625. The Kier molecular flexibility index (Phi) is 3.79. The van der Waals surface area contributed by atoms with E-state index in [0.717, 1.165) is 30.1 Å². The third-order valence-corrected chi connectivity index (χ3v) is 3.09. The fraction of sp³-hybridized carbons (Fsp3) is 0.500. The lowest BCUT2D eigenvalue weighted by Crippen LogP contribution is -2.16. The summed E-state index contributed by atoms with van der Waals surface area (Å²) in [6.07, 6.45) is 7.79. The van der Waals surface area contributed by atoms with Crippen molar-refractivity contribution >= 4 is 11.4 Å². The van der Waals surface area contributed by atoms with Crippen LogP contribution >= 0.6 is 0 Å². The zero-order valence-corrected chi connectivity index (χ0v) is 10.7. The predicted molar refractivity (Wildman–Crippen MR) is 72.7 cm³/mol. The first-order chi connectivity index (χ1) is 8.16. The number of aryl methyl sites for hydroxylation is 1. The number of aromatic nitrogens is 1. The van der Waals surface area contributed by atoms with Crippen LogP contribution in [0, 0.1) is 6.92 Å². The lowest BCUT2D eigenvalue weighted by Gasteiger charge is -2.06. The average molecular weight is 231 g/mol. The van der Waals surface area contributed by atoms with E-state index < -0.39 is 0 Å². The predicted octanol–water partition coefficient (Wildman–Crippen LogP) is 2.52. The molecule has 1 aliphatic rings. The van der Waals surface area contributed by atoms with E-state index >= 15 is 0 Å². The van der Waals surface area contributed by atoms with Gasteiger partial charge in [-0.1, -0.05) is 6.08 Å². The van der Waals surface area contributed by atoms with Crippen LogP contribution < -0.4 is 11.1 Å². The molecule has 1 heterocycles. The van der Waals surface area contributed by atoms with E-state index in [1.54, 1.807) is 6.20 Å². The minimum absolute atomic E-state index is 0.625. The van der Waals surface area contributed by atoms with Gasteiger partial charge in [-0.25, -0.2) is 4.98 Å². The second-order valence-corrected chi connectivity index (χ2v) is 4.85. The molecule has 1 fully saturated rings. The third-order valence-electron chi connectivity index (χ3n) is 3.09. The standard InChI is InChI=1S/C14H21N3/c1-10-8-13(14(15)17-9-10)11(2)4-3-7-16-12-5-6-12/h4,8-9,12,16H,3,5-7H2,1-2H3,(H2,15,17). The number of nitrogens with two attached hydrogens (primary N) is 1. The number of anilines is 1. The van der Waals surface area contributed by atoms with E-state index in [1.165, 1.54) is 18.4 Å². The number of nitrogens with zero attached hydrogens (tertiary/aromatic N) is 1. The molecule has 0 atom stereocenters. The summed E-state index contributed by atoms with van der Waals surface area (Å²) in [5.41, 5.74) is 9.32. The summed E-state index contributed by atoms with van der Waals surface area (Å²) in [6, 6.07) is 2.89. The summed E-state index contributed by atoms with van der Waals surface area (Å²) >= 11 is 0. The van der Waals surface area contributed by atoms with E-state index in [0.29, 0.717) is 5.82 Å². The molecular formula is C14H21N3. The van der Waals surface area contributed by atoms with Gasteiger partial charge in [0.25, 0.3) is 0 Å². The Morgan fingerprint density at radius 1 is 1.59 bits per heavy atom. The number of hydrogen-bond donors (Lipinski definition) is 2. The lowest BCUT2D eigenvalue weighted by molar-refractivity contribution is 0.690. The second-order valence-electron chi connectivity index (χ2n) is 4.85. The van der Waals surface area contributed by atoms with Gasteiger partial charge in [0.2, 0.25) is 0 Å². The molecule has 0 unspecified atom stereocenters. The van der Waals surface area contributed by atoms with Crippen molar-refractivity contribution in [1.82, 2.24) is 10.3 Å². The van der Waals surface area contributed by atoms with Crippen LogP contribution in [0.3, 0.4) is 0 Å². The highest BCUT2D eigenvalue weighted by atomic mass is 14.9. The van der Waals surface area contributed by atoms with E-state index in [9.17, 15) is 0 Å². The molecule has 1 saturated carbocycles. The number of allylic oxidation sites excluding steroid dienone is 1. The van der Waals surface area contributed by atoms with Crippen molar-refractivity contribution < 1.29 is 0 Å². The first-order valence-electron chi connectivity index (χ1n) is 6.29. The van der Waals surface area contributed by atoms with Crippen LogP contribution in [0.1, 0.15) is 37.3 Å². The molecule has 1 aliphatic carbocycles. The first kappa shape index (κ1) is 12.1. The Balaban J connectivity index is 1.94. The van der Waals surface area contributed by atoms with Crippen LogP contribution in [0.5, 0.6) is 0 Å². The topological polar surface area (TPSA) is 50.9 Å². The van der Waals surface area contributed by atoms with E-state index in [2.05, 4.69) is 29.4 Å². The number of hydrogen-bond acceptors (Lipinski definition) is 3. The fourth-order valence-corrected chi connectivity index (χ4v) is 1.87. The minimum atomic E-state index is 0.625. The summed E-state index contributed by atoms with van der Waals surface area (Å²) in [4.78, 5) is 4.19. The van der Waals surface area contributed by atoms with Gasteiger partial charge in [-0.2, -0.15) is 0 Å². The summed E-state index contributed by atoms with van der Waals surface area (Å²) < 4.78 is 0. The maximum absolute atomic E-state index is 5.89. The molecule has 1 aromatic heterocycles. The largest absolute Gasteiger partial charge is 0.383 e. The Morgan fingerprint density at radius 2 is 2.35 bits per heavy atom. The van der Waals surface area contributed by atoms with Gasteiger partial charge >= 0.3 is 0 Å². The van der Waals surface area contributed by atoms with E-state index in [1.807, 2.05) is 6.92 Å². The molecule has 92 valence electrons. The number of pyridine rings is 1. The molecule has 3 nitrogen and oxygen atoms in total. The Bertz CT molecular complexity index is 419. The van der Waals surface area contributed by atoms with Gasteiger partial charge in [0.1, 0.15) is 5.82 Å². The SMILES string of the molecule is CC(=CCCNC1CC1)c1cc(C)cnc1N. The molecule has 0 bridgehead atoms. The smallest absolute Gasteiger partial charge is 0.130 e. The van der Waals surface area contributed by atoms with Crippen molar-refractivity contribution in [3.8, 4) is 0 Å². The van der Waals surface area contributed by atoms with Gasteiger partial charge in [0.05, 0.1) is 0 Å². The fourth-order valence-electron chi connectivity index (χ4n) is 1.87. The monoisotopic (exact) mass is 231 g/mol. The number of nitrogen functional groups attached to an aromatic ring is 1. The lowest BCUT2D eigenvalue weighted by atomic mass is 10.1. The van der Waals surface area contributed by atoms with Gasteiger partial charge in [0.15, 0.2) is 0 Å². The highest BCUT2D eigenvalue weighted by Gasteiger charge is 2.19. The Hall–Kier alpha value is -1.35. The van der Waals surface area contributed by atoms with Crippen molar-refractivity contribution in [2.45, 2.75) is 39.2 Å². The Labute approximate surface area is 103 Å². The van der Waals surface area contributed by atoms with Gasteiger partial charge < -0.3 is 11.1 Å². The molecule has 0 aromatic carbocycles. The van der Waals surface area contributed by atoms with Gasteiger partial charge in [0, 0.05) is 17.8 Å². The zero-order chi connectivity index (χ0) is 12.3. The number of nitrogens with one attached hydrogen (secondary N) is 1. The van der Waals surface area contributed by atoms with Gasteiger partial charge in [-0.3, -0.25) is 0 Å². The van der Waals surface area contributed by atoms with Crippen molar-refractivity contribution in [1.29, 1.82) is 0 Å². The van der Waals surface area contributed by atoms with Gasteiger partial charge in [-0.05, 0) is 56.9 Å². The van der Waals surface area contributed by atoms with Crippen molar-refractivity contribution in [2.75, 3.05) is 12.3 Å². The van der Waals surface area contributed by atoms with Crippen LogP contribution in [-0.4, -0.2) is 17.6 Å². The first-order valence-corrected chi connectivity index (χ1v) is 6.29. The third kappa shape index (κ3) is 3.56. The second kappa shape index (κ2) is 5.32. The Morgan fingerprint density at radius 3 is 3.06 bits per heavy atom. The van der Waals surface area contributed by atoms with Crippen LogP contribution in [0.15, 0.2) is 18.3 Å². The van der Waals surface area contributed by atoms with Crippen molar-refractivity contribution in [2.24, 2.45) is 0 Å². The van der Waals surface area contributed by atoms with Gasteiger partial charge in [-0.15, -0.1) is 0 Å². The van der Waals surface area contributed by atoms with E-state index in [-0.39, 0.29) is 0 Å². The van der Waals surface area contributed by atoms with Crippen molar-refractivity contribution in [3.05, 3.63) is 29.5 Å². The summed E-state index contributed by atoms with van der Waals surface area (Å²) in [5, 5.41) is 3.50. The maximum Gasteiger partial charge on any atom is 0.130 e. The zero-order valence-electron chi connectivity index (χ0n) is 10.7. The molecule has 3 heteroatoms. The highest BCUT2D eigenvalue weighted by molar-refractivity contribution is 5.71. The molecule has 2 rings (SSSR count). The minimum Gasteiger partial charge on any atom is -0.383 e. The quantitative estimate of drug-likeness (QED) is 0.766. The molecule has 1 aromatic rings. The average Bonchev–Trinajstić information content (AvgIpc) is 3.11. The molecule has 0 saturated heterocycles. The molecule has 0 amide bonds. The maximum atomic E-state index is 5.89. The highest BCUT2D eigenvalue weighted by Crippen LogP contribution is 2.21. The van der Waals surface area contributed by atoms with Crippen LogP contribution in [0.25, 0.3) is 5.57 Å². The molecule has 0 radical (unpaired) electrons. The van der Waals surface area contributed by atoms with E-state index in [4.69, 9.17) is 5.73 Å². The van der Waals surface area contributed by atoms with Crippen LogP contribution in [0.4, 0.5) is 5.82 Å². The number of rotatable bonds is 5. The van der Waals surface area contributed by atoms with Crippen molar-refractivity contribution in [3.63, 3.8) is 0 Å². The summed E-state index contributed by atoms with van der Waals surface area (Å²) in [7, 11) is 0. The normalized spacial score (nSPS) is 16.2. The molecule has 3 N–H and O–H groups in total. The van der Waals surface area contributed by atoms with Crippen LogP contribution in [-0.2, 0) is 0 Å². The molecule has 17 heavy (non-hydrogen) atoms. The molecule has 0 spiro atoms. The molecular weight excluding hydrogens is 210 g/mol. The summed E-state index contributed by atoms with van der Waals surface area (Å²) in [6.45, 7) is 5.20.